The number of nitrogens with one attached hydrogen (secondary N) is 1. The maximum absolute atomic E-state index is 12.0. The van der Waals surface area contributed by atoms with Crippen LogP contribution in [0.25, 0.3) is 33.5 Å². The van der Waals surface area contributed by atoms with Gasteiger partial charge in [0, 0.05) is 31.2 Å². The molecule has 0 atom stereocenters. The second kappa shape index (κ2) is 5.83. The molecule has 0 bridgehead atoms. The summed E-state index contributed by atoms with van der Waals surface area (Å²) in [6.07, 6.45) is 3.56. The van der Waals surface area contributed by atoms with E-state index in [0.717, 1.165) is 22.2 Å². The van der Waals surface area contributed by atoms with Crippen molar-refractivity contribution in [1.29, 1.82) is 0 Å². The van der Waals surface area contributed by atoms with E-state index in [1.165, 1.54) is 0 Å². The highest BCUT2D eigenvalue weighted by Crippen LogP contribution is 2.35. The highest BCUT2D eigenvalue weighted by Gasteiger charge is 2.21. The topological polar surface area (TPSA) is 99.0 Å². The first kappa shape index (κ1) is 16.1. The Bertz CT molecular complexity index is 1120. The lowest BCUT2D eigenvalue weighted by Gasteiger charge is -2.04. The Morgan fingerprint density at radius 3 is 2.69 bits per heavy atom. The fourth-order valence-electron chi connectivity index (χ4n) is 3.00. The van der Waals surface area contributed by atoms with E-state index < -0.39 is 0 Å². The predicted molar refractivity (Wildman–Crippen MR) is 94.6 cm³/mol. The van der Waals surface area contributed by atoms with Crippen molar-refractivity contribution in [3.8, 4) is 22.5 Å². The Balaban J connectivity index is 2.02. The highest BCUT2D eigenvalue weighted by atomic mass is 16.5. The number of furan rings is 1. The number of rotatable bonds is 3. The van der Waals surface area contributed by atoms with Crippen LogP contribution in [0.3, 0.4) is 0 Å². The number of fused-ring (bicyclic) bond motifs is 1. The number of aryl methyl sites for hydroxylation is 3. The van der Waals surface area contributed by atoms with E-state index in [1.54, 1.807) is 24.0 Å². The SMILES string of the molecule is CNC(=O)c1cc2cc(-c3c(C)noc3C)nc(-c3cnn(C)c3)c2o1. The van der Waals surface area contributed by atoms with E-state index in [-0.39, 0.29) is 11.7 Å². The molecule has 132 valence electrons. The average Bonchev–Trinajstić information content (AvgIpc) is 3.32. The summed E-state index contributed by atoms with van der Waals surface area (Å²) in [5.74, 6) is 0.615. The lowest BCUT2D eigenvalue weighted by molar-refractivity contribution is 0.0938. The van der Waals surface area contributed by atoms with Gasteiger partial charge in [0.15, 0.2) is 11.3 Å². The van der Waals surface area contributed by atoms with Crippen LogP contribution in [0.1, 0.15) is 22.0 Å². The maximum Gasteiger partial charge on any atom is 0.286 e. The molecule has 0 saturated carbocycles. The second-order valence-electron chi connectivity index (χ2n) is 6.07. The van der Waals surface area contributed by atoms with Crippen molar-refractivity contribution in [2.24, 2.45) is 7.05 Å². The third kappa shape index (κ3) is 2.46. The van der Waals surface area contributed by atoms with Crippen molar-refractivity contribution in [1.82, 2.24) is 25.2 Å². The van der Waals surface area contributed by atoms with Gasteiger partial charge >= 0.3 is 0 Å². The molecule has 1 N–H and O–H groups in total. The van der Waals surface area contributed by atoms with E-state index in [4.69, 9.17) is 13.9 Å². The van der Waals surface area contributed by atoms with Crippen molar-refractivity contribution in [3.63, 3.8) is 0 Å². The van der Waals surface area contributed by atoms with Gasteiger partial charge in [-0.1, -0.05) is 5.16 Å². The molecule has 0 aliphatic heterocycles. The third-order valence-electron chi connectivity index (χ3n) is 4.22. The van der Waals surface area contributed by atoms with E-state index in [9.17, 15) is 4.79 Å². The van der Waals surface area contributed by atoms with Crippen LogP contribution in [0, 0.1) is 13.8 Å². The van der Waals surface area contributed by atoms with Crippen LogP contribution in [0.5, 0.6) is 0 Å². The van der Waals surface area contributed by atoms with Crippen molar-refractivity contribution < 1.29 is 13.7 Å². The smallest absolute Gasteiger partial charge is 0.286 e. The Kier molecular flexibility index (Phi) is 3.61. The fourth-order valence-corrected chi connectivity index (χ4v) is 3.00. The summed E-state index contributed by atoms with van der Waals surface area (Å²) in [6.45, 7) is 3.71. The Labute approximate surface area is 148 Å². The summed E-state index contributed by atoms with van der Waals surface area (Å²) in [4.78, 5) is 16.8. The monoisotopic (exact) mass is 351 g/mol. The molecule has 0 radical (unpaired) electrons. The molecular weight excluding hydrogens is 334 g/mol. The lowest BCUT2D eigenvalue weighted by atomic mass is 10.1. The third-order valence-corrected chi connectivity index (χ3v) is 4.22. The normalized spacial score (nSPS) is 11.2. The minimum atomic E-state index is -0.294. The van der Waals surface area contributed by atoms with Crippen LogP contribution in [0.15, 0.2) is 33.5 Å². The van der Waals surface area contributed by atoms with Gasteiger partial charge in [-0.25, -0.2) is 4.98 Å². The molecular formula is C18H17N5O3. The molecule has 8 nitrogen and oxygen atoms in total. The highest BCUT2D eigenvalue weighted by molar-refractivity contribution is 6.00. The average molecular weight is 351 g/mol. The minimum absolute atomic E-state index is 0.227. The molecule has 0 unspecified atom stereocenters. The number of pyridine rings is 1. The molecule has 0 aromatic carbocycles. The summed E-state index contributed by atoms with van der Waals surface area (Å²) in [6, 6.07) is 3.58. The molecule has 8 heteroatoms. The summed E-state index contributed by atoms with van der Waals surface area (Å²) in [5, 5.41) is 11.6. The largest absolute Gasteiger partial charge is 0.449 e. The van der Waals surface area contributed by atoms with Gasteiger partial charge in [0.05, 0.1) is 23.1 Å². The molecule has 4 heterocycles. The zero-order valence-corrected chi connectivity index (χ0v) is 14.8. The lowest BCUT2D eigenvalue weighted by Crippen LogP contribution is -2.16. The molecule has 0 spiro atoms. The molecule has 0 aliphatic rings. The molecule has 4 rings (SSSR count). The molecule has 4 aromatic rings. The van der Waals surface area contributed by atoms with Crippen molar-refractivity contribution in [2.75, 3.05) is 7.05 Å². The summed E-state index contributed by atoms with van der Waals surface area (Å²) in [5.41, 5.74) is 4.23. The molecule has 1 amide bonds. The molecule has 0 fully saturated rings. The van der Waals surface area contributed by atoms with Gasteiger partial charge in [-0.2, -0.15) is 5.10 Å². The molecule has 0 saturated heterocycles. The van der Waals surface area contributed by atoms with Crippen LogP contribution in [0.2, 0.25) is 0 Å². The van der Waals surface area contributed by atoms with Crippen LogP contribution in [-0.4, -0.2) is 32.9 Å². The summed E-state index contributed by atoms with van der Waals surface area (Å²) >= 11 is 0. The zero-order chi connectivity index (χ0) is 18.4. The van der Waals surface area contributed by atoms with E-state index in [2.05, 4.69) is 15.6 Å². The second-order valence-corrected chi connectivity index (χ2v) is 6.07. The predicted octanol–water partition coefficient (Wildman–Crippen LogP) is 2.86. The van der Waals surface area contributed by atoms with Gasteiger partial charge in [0.25, 0.3) is 5.91 Å². The first-order valence-corrected chi connectivity index (χ1v) is 8.07. The summed E-state index contributed by atoms with van der Waals surface area (Å²) in [7, 11) is 3.39. The van der Waals surface area contributed by atoms with Crippen molar-refractivity contribution in [3.05, 3.63) is 41.7 Å². The van der Waals surface area contributed by atoms with Gasteiger partial charge in [0.1, 0.15) is 11.5 Å². The van der Waals surface area contributed by atoms with Crippen LogP contribution in [0.4, 0.5) is 0 Å². The Hall–Kier alpha value is -3.42. The minimum Gasteiger partial charge on any atom is -0.449 e. The number of carbonyl (C=O) groups excluding carboxylic acids is 1. The van der Waals surface area contributed by atoms with E-state index >= 15 is 0 Å². The number of amides is 1. The van der Waals surface area contributed by atoms with Gasteiger partial charge in [-0.15, -0.1) is 0 Å². The number of hydrogen-bond acceptors (Lipinski definition) is 6. The first-order chi connectivity index (χ1) is 12.5. The van der Waals surface area contributed by atoms with Crippen molar-refractivity contribution in [2.45, 2.75) is 13.8 Å². The Morgan fingerprint density at radius 2 is 2.08 bits per heavy atom. The van der Waals surface area contributed by atoms with Gasteiger partial charge in [-0.3, -0.25) is 9.48 Å². The first-order valence-electron chi connectivity index (χ1n) is 8.07. The van der Waals surface area contributed by atoms with Crippen LogP contribution < -0.4 is 5.32 Å². The van der Waals surface area contributed by atoms with E-state index in [1.807, 2.05) is 33.2 Å². The van der Waals surface area contributed by atoms with Gasteiger partial charge < -0.3 is 14.3 Å². The number of aromatic nitrogens is 4. The number of hydrogen-bond donors (Lipinski definition) is 1. The fraction of sp³-hybridized carbons (Fsp3) is 0.222. The van der Waals surface area contributed by atoms with Crippen LogP contribution >= 0.6 is 0 Å². The van der Waals surface area contributed by atoms with E-state index in [0.29, 0.717) is 22.7 Å². The standard InChI is InChI=1S/C18H17N5O3/c1-9-15(10(2)26-22-9)13-5-11-6-14(18(24)19-3)25-17(11)16(21-13)12-7-20-23(4)8-12/h5-8H,1-4H3,(H,19,24). The zero-order valence-electron chi connectivity index (χ0n) is 14.8. The summed E-state index contributed by atoms with van der Waals surface area (Å²) < 4.78 is 12.8. The van der Waals surface area contributed by atoms with Gasteiger partial charge in [-0.05, 0) is 26.0 Å². The Morgan fingerprint density at radius 1 is 1.27 bits per heavy atom. The van der Waals surface area contributed by atoms with Crippen LogP contribution in [-0.2, 0) is 7.05 Å². The molecule has 26 heavy (non-hydrogen) atoms. The van der Waals surface area contributed by atoms with Gasteiger partial charge in [0.2, 0.25) is 0 Å². The number of nitrogens with zero attached hydrogens (tertiary/aromatic N) is 4. The van der Waals surface area contributed by atoms with Crippen molar-refractivity contribution >= 4 is 16.9 Å². The number of carbonyl (C=O) groups is 1. The quantitative estimate of drug-likeness (QED) is 0.609. The molecule has 0 aliphatic carbocycles. The maximum atomic E-state index is 12.0. The molecule has 4 aromatic heterocycles.